The van der Waals surface area contributed by atoms with Crippen molar-refractivity contribution in [3.05, 3.63) is 41.0 Å². The summed E-state index contributed by atoms with van der Waals surface area (Å²) < 4.78 is 0. The van der Waals surface area contributed by atoms with Crippen LogP contribution in [0, 0.1) is 0 Å². The molecule has 0 saturated carbocycles. The standard InChI is InChI=1S/C15H14N4O3S/c16-13(20)5-10-14-9(11-7-18(10)15(21)19(11)22)4-12(23-14)8-2-1-3-17-6-8/h1-4,6,10-11,22H,5,7H2,(H2,16,20)/t10-,11-/m1/s1. The van der Waals surface area contributed by atoms with Crippen molar-refractivity contribution in [2.75, 3.05) is 6.54 Å². The molecule has 118 valence electrons. The van der Waals surface area contributed by atoms with Crippen molar-refractivity contribution in [1.29, 1.82) is 0 Å². The topological polar surface area (TPSA) is 99.8 Å². The molecule has 8 heteroatoms. The summed E-state index contributed by atoms with van der Waals surface area (Å²) in [6.45, 7) is 0.365. The fourth-order valence-electron chi connectivity index (χ4n) is 3.22. The van der Waals surface area contributed by atoms with E-state index in [4.69, 9.17) is 5.73 Å². The van der Waals surface area contributed by atoms with Crippen LogP contribution in [0.15, 0.2) is 30.6 Å². The average molecular weight is 330 g/mol. The Balaban J connectivity index is 1.82. The third-order valence-corrected chi connectivity index (χ3v) is 5.58. The Kier molecular flexibility index (Phi) is 3.10. The fourth-order valence-corrected chi connectivity index (χ4v) is 4.54. The van der Waals surface area contributed by atoms with Gasteiger partial charge in [0, 0.05) is 27.7 Å². The molecule has 3 N–H and O–H groups in total. The number of fused-ring (bicyclic) bond motifs is 4. The molecule has 2 aliphatic rings. The summed E-state index contributed by atoms with van der Waals surface area (Å²) >= 11 is 1.51. The van der Waals surface area contributed by atoms with E-state index in [9.17, 15) is 14.8 Å². The molecule has 2 bridgehead atoms. The molecule has 0 aromatic carbocycles. The number of urea groups is 1. The molecule has 1 fully saturated rings. The minimum Gasteiger partial charge on any atom is -0.370 e. The first kappa shape index (κ1) is 14.2. The number of aromatic nitrogens is 1. The average Bonchev–Trinajstić information content (AvgIpc) is 3.09. The van der Waals surface area contributed by atoms with Crippen LogP contribution in [-0.4, -0.2) is 38.6 Å². The normalized spacial score (nSPS) is 22.4. The van der Waals surface area contributed by atoms with E-state index in [0.29, 0.717) is 6.54 Å². The van der Waals surface area contributed by atoms with Crippen molar-refractivity contribution in [2.45, 2.75) is 18.5 Å². The van der Waals surface area contributed by atoms with Crippen molar-refractivity contribution < 1.29 is 14.8 Å². The fraction of sp³-hybridized carbons (Fsp3) is 0.267. The lowest BCUT2D eigenvalue weighted by Crippen LogP contribution is -2.35. The van der Waals surface area contributed by atoms with Gasteiger partial charge in [0.25, 0.3) is 0 Å². The Morgan fingerprint density at radius 1 is 1.52 bits per heavy atom. The minimum atomic E-state index is -0.479. The first-order valence-corrected chi connectivity index (χ1v) is 7.99. The van der Waals surface area contributed by atoms with E-state index >= 15 is 0 Å². The number of nitrogens with two attached hydrogens (primary N) is 1. The maximum atomic E-state index is 12.1. The zero-order chi connectivity index (χ0) is 16.1. The summed E-state index contributed by atoms with van der Waals surface area (Å²) in [5, 5.41) is 10.8. The van der Waals surface area contributed by atoms with Gasteiger partial charge in [0.2, 0.25) is 5.91 Å². The molecule has 0 unspecified atom stereocenters. The number of carbonyl (C=O) groups is 2. The maximum Gasteiger partial charge on any atom is 0.345 e. The van der Waals surface area contributed by atoms with Crippen molar-refractivity contribution in [3.8, 4) is 10.4 Å². The predicted molar refractivity (Wildman–Crippen MR) is 82.6 cm³/mol. The molecular weight excluding hydrogens is 316 g/mol. The third-order valence-electron chi connectivity index (χ3n) is 4.28. The van der Waals surface area contributed by atoms with Gasteiger partial charge in [-0.1, -0.05) is 6.07 Å². The minimum absolute atomic E-state index is 0.0479. The lowest BCUT2D eigenvalue weighted by molar-refractivity contribution is -0.119. The van der Waals surface area contributed by atoms with Crippen LogP contribution in [0.25, 0.3) is 10.4 Å². The molecule has 1 saturated heterocycles. The molecule has 2 aliphatic heterocycles. The van der Waals surface area contributed by atoms with Gasteiger partial charge in [-0.05, 0) is 17.7 Å². The van der Waals surface area contributed by atoms with Crippen LogP contribution in [0.1, 0.15) is 28.9 Å². The zero-order valence-electron chi connectivity index (χ0n) is 12.0. The van der Waals surface area contributed by atoms with E-state index in [1.165, 1.54) is 16.2 Å². The molecule has 23 heavy (non-hydrogen) atoms. The first-order valence-electron chi connectivity index (χ1n) is 7.17. The van der Waals surface area contributed by atoms with Gasteiger partial charge in [-0.15, -0.1) is 11.3 Å². The Hall–Kier alpha value is -2.45. The molecule has 4 heterocycles. The highest BCUT2D eigenvalue weighted by Gasteiger charge is 2.48. The number of amides is 3. The SMILES string of the molecule is NC(=O)C[C@@H]1c2sc(-c3cccnc3)cc2[C@H]2CN1C(=O)N2O. The van der Waals surface area contributed by atoms with Gasteiger partial charge < -0.3 is 10.6 Å². The van der Waals surface area contributed by atoms with Gasteiger partial charge in [-0.2, -0.15) is 5.06 Å². The van der Waals surface area contributed by atoms with Crippen LogP contribution in [0.2, 0.25) is 0 Å². The predicted octanol–water partition coefficient (Wildman–Crippen LogP) is 1.91. The summed E-state index contributed by atoms with van der Waals surface area (Å²) in [7, 11) is 0. The van der Waals surface area contributed by atoms with Crippen LogP contribution in [0.4, 0.5) is 4.79 Å². The van der Waals surface area contributed by atoms with Crippen molar-refractivity contribution in [2.24, 2.45) is 5.73 Å². The Morgan fingerprint density at radius 2 is 2.35 bits per heavy atom. The van der Waals surface area contributed by atoms with Gasteiger partial charge >= 0.3 is 6.03 Å². The molecule has 2 atom stereocenters. The highest BCUT2D eigenvalue weighted by molar-refractivity contribution is 7.15. The van der Waals surface area contributed by atoms with Crippen LogP contribution < -0.4 is 5.73 Å². The van der Waals surface area contributed by atoms with Crippen molar-refractivity contribution in [1.82, 2.24) is 14.9 Å². The number of thiophene rings is 1. The van der Waals surface area contributed by atoms with Gasteiger partial charge in [-0.25, -0.2) is 4.79 Å². The number of carbonyl (C=O) groups excluding carboxylic acids is 2. The molecule has 7 nitrogen and oxygen atoms in total. The molecule has 2 aromatic rings. The lowest BCUT2D eigenvalue weighted by atomic mass is 9.96. The van der Waals surface area contributed by atoms with Crippen LogP contribution in [0.5, 0.6) is 0 Å². The van der Waals surface area contributed by atoms with E-state index in [2.05, 4.69) is 4.98 Å². The summed E-state index contributed by atoms with van der Waals surface area (Å²) in [6.07, 6.45) is 3.52. The second-order valence-corrected chi connectivity index (χ2v) is 6.74. The second kappa shape index (κ2) is 5.04. The number of hydrogen-bond acceptors (Lipinski definition) is 5. The molecule has 3 amide bonds. The van der Waals surface area contributed by atoms with E-state index in [1.807, 2.05) is 18.2 Å². The smallest absolute Gasteiger partial charge is 0.345 e. The number of nitrogens with zero attached hydrogens (tertiary/aromatic N) is 3. The zero-order valence-corrected chi connectivity index (χ0v) is 12.9. The molecule has 2 aromatic heterocycles. The third kappa shape index (κ3) is 2.10. The molecule has 0 radical (unpaired) electrons. The van der Waals surface area contributed by atoms with Crippen LogP contribution >= 0.6 is 11.3 Å². The highest BCUT2D eigenvalue weighted by atomic mass is 32.1. The largest absolute Gasteiger partial charge is 0.370 e. The van der Waals surface area contributed by atoms with E-state index in [0.717, 1.165) is 25.9 Å². The number of hydroxylamine groups is 2. The Bertz CT molecular complexity index is 791. The Labute approximate surface area is 135 Å². The number of primary amides is 1. The number of hydrogen-bond donors (Lipinski definition) is 2. The second-order valence-electron chi connectivity index (χ2n) is 5.65. The monoisotopic (exact) mass is 330 g/mol. The van der Waals surface area contributed by atoms with Crippen LogP contribution in [-0.2, 0) is 4.79 Å². The lowest BCUT2D eigenvalue weighted by Gasteiger charge is -2.29. The van der Waals surface area contributed by atoms with Gasteiger partial charge in [-0.3, -0.25) is 15.0 Å². The van der Waals surface area contributed by atoms with Gasteiger partial charge in [0.15, 0.2) is 0 Å². The number of pyridine rings is 1. The summed E-state index contributed by atoms with van der Waals surface area (Å²) in [5.74, 6) is -0.472. The molecule has 4 rings (SSSR count). The van der Waals surface area contributed by atoms with Crippen molar-refractivity contribution in [3.63, 3.8) is 0 Å². The summed E-state index contributed by atoms with van der Waals surface area (Å²) in [4.78, 5) is 31.1. The van der Waals surface area contributed by atoms with Crippen molar-refractivity contribution >= 4 is 23.3 Å². The maximum absolute atomic E-state index is 12.1. The highest BCUT2D eigenvalue weighted by Crippen LogP contribution is 2.49. The first-order chi connectivity index (χ1) is 11.1. The number of rotatable bonds is 3. The quantitative estimate of drug-likeness (QED) is 0.840. The van der Waals surface area contributed by atoms with Gasteiger partial charge in [0.05, 0.1) is 19.0 Å². The van der Waals surface area contributed by atoms with E-state index < -0.39 is 24.0 Å². The molecule has 0 aliphatic carbocycles. The Morgan fingerprint density at radius 3 is 3.04 bits per heavy atom. The molecular formula is C15H14N4O3S. The van der Waals surface area contributed by atoms with Gasteiger partial charge in [0.1, 0.15) is 6.04 Å². The van der Waals surface area contributed by atoms with E-state index in [1.54, 1.807) is 12.4 Å². The molecule has 0 spiro atoms. The van der Waals surface area contributed by atoms with Crippen LogP contribution in [0.3, 0.4) is 0 Å². The summed E-state index contributed by atoms with van der Waals surface area (Å²) in [6, 6.07) is 4.48. The van der Waals surface area contributed by atoms with E-state index in [-0.39, 0.29) is 6.42 Å². The summed E-state index contributed by atoms with van der Waals surface area (Å²) in [5.41, 5.74) is 7.19.